The maximum Gasteiger partial charge on any atom is 0.278 e. The molecule has 0 fully saturated rings. The minimum absolute atomic E-state index is 0. The minimum Gasteiger partial charge on any atom is -0.493 e. The number of hydrogen-bond donors (Lipinski definition) is 1. The topological polar surface area (TPSA) is 87.6 Å². The maximum atomic E-state index is 11.2. The lowest BCUT2D eigenvalue weighted by molar-refractivity contribution is -0.385. The van der Waals surface area contributed by atoms with E-state index in [9.17, 15) is 10.1 Å². The SMILES string of the molecule is COc1cc([C@@H](N)c2cccs2)c([N+](=O)[O-])cc1OC.Cl. The number of nitro benzene ring substituents is 1. The zero-order valence-corrected chi connectivity index (χ0v) is 13.1. The first kappa shape index (κ1) is 17.2. The molecule has 114 valence electrons. The van der Waals surface area contributed by atoms with Gasteiger partial charge in [-0.15, -0.1) is 23.7 Å². The van der Waals surface area contributed by atoms with Crippen molar-refractivity contribution in [2.75, 3.05) is 14.2 Å². The van der Waals surface area contributed by atoms with Gasteiger partial charge in [-0.2, -0.15) is 0 Å². The summed E-state index contributed by atoms with van der Waals surface area (Å²) in [6.45, 7) is 0. The third-order valence-corrected chi connectivity index (χ3v) is 3.87. The van der Waals surface area contributed by atoms with Crippen LogP contribution in [0.3, 0.4) is 0 Å². The Bertz CT molecular complexity index is 619. The fourth-order valence-electron chi connectivity index (χ4n) is 1.91. The van der Waals surface area contributed by atoms with Crippen LogP contribution in [-0.2, 0) is 0 Å². The molecule has 8 heteroatoms. The summed E-state index contributed by atoms with van der Waals surface area (Å²) in [5.41, 5.74) is 6.44. The van der Waals surface area contributed by atoms with Crippen LogP contribution in [0.2, 0.25) is 0 Å². The molecule has 0 radical (unpaired) electrons. The van der Waals surface area contributed by atoms with E-state index in [0.717, 1.165) is 4.88 Å². The number of nitrogens with two attached hydrogens (primary N) is 1. The normalized spacial score (nSPS) is 11.4. The van der Waals surface area contributed by atoms with Crippen molar-refractivity contribution in [1.82, 2.24) is 0 Å². The highest BCUT2D eigenvalue weighted by molar-refractivity contribution is 7.10. The molecule has 1 heterocycles. The predicted octanol–water partition coefficient (Wildman–Crippen LogP) is 3.14. The fourth-order valence-corrected chi connectivity index (χ4v) is 2.66. The van der Waals surface area contributed by atoms with Gasteiger partial charge in [-0.1, -0.05) is 6.07 Å². The van der Waals surface area contributed by atoms with Gasteiger partial charge >= 0.3 is 0 Å². The molecule has 0 saturated carbocycles. The van der Waals surface area contributed by atoms with Gasteiger partial charge in [-0.25, -0.2) is 0 Å². The van der Waals surface area contributed by atoms with Crippen LogP contribution in [-0.4, -0.2) is 19.1 Å². The van der Waals surface area contributed by atoms with E-state index in [1.165, 1.54) is 31.6 Å². The van der Waals surface area contributed by atoms with Gasteiger partial charge in [0.2, 0.25) is 0 Å². The van der Waals surface area contributed by atoms with E-state index >= 15 is 0 Å². The summed E-state index contributed by atoms with van der Waals surface area (Å²) in [6, 6.07) is 6.01. The van der Waals surface area contributed by atoms with Crippen molar-refractivity contribution in [3.05, 3.63) is 50.2 Å². The van der Waals surface area contributed by atoms with Crippen molar-refractivity contribution in [1.29, 1.82) is 0 Å². The van der Waals surface area contributed by atoms with E-state index in [1.807, 2.05) is 17.5 Å². The molecule has 0 spiro atoms. The van der Waals surface area contributed by atoms with Crippen molar-refractivity contribution < 1.29 is 14.4 Å². The van der Waals surface area contributed by atoms with Gasteiger partial charge in [0.1, 0.15) is 0 Å². The molecular formula is C13H15ClN2O4S. The zero-order valence-electron chi connectivity index (χ0n) is 11.4. The second kappa shape index (κ2) is 7.26. The zero-order chi connectivity index (χ0) is 14.7. The summed E-state index contributed by atoms with van der Waals surface area (Å²) in [7, 11) is 2.91. The van der Waals surface area contributed by atoms with Crippen LogP contribution in [0.15, 0.2) is 29.6 Å². The van der Waals surface area contributed by atoms with Crippen molar-refractivity contribution in [2.45, 2.75) is 6.04 Å². The van der Waals surface area contributed by atoms with Gasteiger partial charge in [0.25, 0.3) is 5.69 Å². The van der Waals surface area contributed by atoms with Gasteiger partial charge in [0.15, 0.2) is 11.5 Å². The van der Waals surface area contributed by atoms with Crippen molar-refractivity contribution in [3.8, 4) is 11.5 Å². The van der Waals surface area contributed by atoms with Gasteiger partial charge in [-0.05, 0) is 17.5 Å². The summed E-state index contributed by atoms with van der Waals surface area (Å²) < 4.78 is 10.3. The van der Waals surface area contributed by atoms with E-state index in [0.29, 0.717) is 17.1 Å². The Morgan fingerprint density at radius 1 is 1.29 bits per heavy atom. The summed E-state index contributed by atoms with van der Waals surface area (Å²) in [5, 5.41) is 13.1. The number of benzene rings is 1. The second-order valence-electron chi connectivity index (χ2n) is 4.02. The van der Waals surface area contributed by atoms with Crippen molar-refractivity contribution in [3.63, 3.8) is 0 Å². The standard InChI is InChI=1S/C13H14N2O4S.ClH/c1-18-10-6-8(13(14)12-4-3-5-20-12)9(15(16)17)7-11(10)19-2;/h3-7,13H,14H2,1-2H3;1H/t13-;/m1./s1. The average Bonchev–Trinajstić information content (AvgIpc) is 2.98. The first-order valence-corrected chi connectivity index (χ1v) is 6.65. The largest absolute Gasteiger partial charge is 0.493 e. The van der Waals surface area contributed by atoms with Crippen LogP contribution in [0.25, 0.3) is 0 Å². The van der Waals surface area contributed by atoms with Gasteiger partial charge in [0, 0.05) is 4.88 Å². The first-order chi connectivity index (χ1) is 9.58. The summed E-state index contributed by atoms with van der Waals surface area (Å²) >= 11 is 1.45. The number of methoxy groups -OCH3 is 2. The molecule has 0 amide bonds. The smallest absolute Gasteiger partial charge is 0.278 e. The van der Waals surface area contributed by atoms with Crippen LogP contribution in [0.1, 0.15) is 16.5 Å². The van der Waals surface area contributed by atoms with E-state index in [4.69, 9.17) is 15.2 Å². The van der Waals surface area contributed by atoms with Crippen molar-refractivity contribution >= 4 is 29.4 Å². The highest BCUT2D eigenvalue weighted by atomic mass is 35.5. The Kier molecular flexibility index (Phi) is 5.95. The number of rotatable bonds is 5. The number of halogens is 1. The van der Waals surface area contributed by atoms with E-state index in [-0.39, 0.29) is 18.1 Å². The second-order valence-corrected chi connectivity index (χ2v) is 5.00. The summed E-state index contributed by atoms with van der Waals surface area (Å²) in [4.78, 5) is 11.6. The number of nitrogens with zero attached hydrogens (tertiary/aromatic N) is 1. The highest BCUT2D eigenvalue weighted by Gasteiger charge is 2.25. The Morgan fingerprint density at radius 3 is 2.38 bits per heavy atom. The van der Waals surface area contributed by atoms with E-state index in [2.05, 4.69) is 0 Å². The highest BCUT2D eigenvalue weighted by Crippen LogP contribution is 2.39. The lowest BCUT2D eigenvalue weighted by Gasteiger charge is -2.14. The molecule has 1 atom stereocenters. The molecule has 0 bridgehead atoms. The number of ether oxygens (including phenoxy) is 2. The van der Waals surface area contributed by atoms with Crippen LogP contribution in [0.4, 0.5) is 5.69 Å². The first-order valence-electron chi connectivity index (χ1n) is 5.77. The molecule has 0 unspecified atom stereocenters. The van der Waals surface area contributed by atoms with Crippen LogP contribution in [0.5, 0.6) is 11.5 Å². The molecule has 0 saturated heterocycles. The lowest BCUT2D eigenvalue weighted by atomic mass is 10.0. The summed E-state index contributed by atoms with van der Waals surface area (Å²) in [6.07, 6.45) is 0. The van der Waals surface area contributed by atoms with Crippen LogP contribution in [0, 0.1) is 10.1 Å². The van der Waals surface area contributed by atoms with Crippen molar-refractivity contribution in [2.24, 2.45) is 5.73 Å². The third-order valence-electron chi connectivity index (χ3n) is 2.91. The van der Waals surface area contributed by atoms with Crippen LogP contribution >= 0.6 is 23.7 Å². The van der Waals surface area contributed by atoms with E-state index < -0.39 is 11.0 Å². The van der Waals surface area contributed by atoms with Gasteiger partial charge < -0.3 is 15.2 Å². The molecule has 6 nitrogen and oxygen atoms in total. The minimum atomic E-state index is -0.574. The molecular weight excluding hydrogens is 316 g/mol. The lowest BCUT2D eigenvalue weighted by Crippen LogP contribution is -2.13. The molecule has 2 rings (SSSR count). The third kappa shape index (κ3) is 3.44. The Labute approximate surface area is 132 Å². The Balaban J connectivity index is 0.00000220. The Hall–Kier alpha value is -1.83. The quantitative estimate of drug-likeness (QED) is 0.672. The van der Waals surface area contributed by atoms with E-state index in [1.54, 1.807) is 6.07 Å². The van der Waals surface area contributed by atoms with Gasteiger partial charge in [-0.3, -0.25) is 10.1 Å². The molecule has 0 aliphatic heterocycles. The molecule has 0 aliphatic rings. The molecule has 21 heavy (non-hydrogen) atoms. The molecule has 0 aliphatic carbocycles. The van der Waals surface area contributed by atoms with Gasteiger partial charge in [0.05, 0.1) is 36.8 Å². The predicted molar refractivity (Wildman–Crippen MR) is 83.8 cm³/mol. The van der Waals surface area contributed by atoms with Crippen LogP contribution < -0.4 is 15.2 Å². The maximum absolute atomic E-state index is 11.2. The summed E-state index contributed by atoms with van der Waals surface area (Å²) in [5.74, 6) is 0.724. The molecule has 1 aromatic carbocycles. The Morgan fingerprint density at radius 2 is 1.90 bits per heavy atom. The number of nitro groups is 1. The molecule has 2 N–H and O–H groups in total. The number of hydrogen-bond acceptors (Lipinski definition) is 6. The fraction of sp³-hybridized carbons (Fsp3) is 0.231. The molecule has 1 aromatic heterocycles. The monoisotopic (exact) mass is 330 g/mol. The molecule has 2 aromatic rings. The number of thiophene rings is 1. The average molecular weight is 331 g/mol.